The summed E-state index contributed by atoms with van der Waals surface area (Å²) in [4.78, 5) is 21.8. The SMILES string of the molecule is Cc1cccc(C2(C(=O)N3CCN(Cc4cccnc4)CC3)CC2)c1. The summed E-state index contributed by atoms with van der Waals surface area (Å²) in [7, 11) is 0. The van der Waals surface area contributed by atoms with Gasteiger partial charge in [0.2, 0.25) is 5.91 Å². The highest BCUT2D eigenvalue weighted by Gasteiger charge is 2.53. The van der Waals surface area contributed by atoms with E-state index in [2.05, 4.69) is 52.0 Å². The molecule has 0 bridgehead atoms. The molecule has 1 saturated carbocycles. The van der Waals surface area contributed by atoms with Gasteiger partial charge in [-0.2, -0.15) is 0 Å². The molecule has 2 aromatic rings. The maximum absolute atomic E-state index is 13.2. The second-order valence-corrected chi connectivity index (χ2v) is 7.38. The molecule has 2 heterocycles. The molecule has 25 heavy (non-hydrogen) atoms. The number of hydrogen-bond donors (Lipinski definition) is 0. The van der Waals surface area contributed by atoms with Crippen LogP contribution in [0.5, 0.6) is 0 Å². The van der Waals surface area contributed by atoms with E-state index in [0.717, 1.165) is 45.6 Å². The van der Waals surface area contributed by atoms with E-state index in [-0.39, 0.29) is 5.41 Å². The van der Waals surface area contributed by atoms with Gasteiger partial charge in [0, 0.05) is 45.1 Å². The van der Waals surface area contributed by atoms with Crippen molar-refractivity contribution in [1.82, 2.24) is 14.8 Å². The normalized spacial score (nSPS) is 19.6. The second kappa shape index (κ2) is 6.60. The van der Waals surface area contributed by atoms with Gasteiger partial charge in [-0.15, -0.1) is 0 Å². The van der Waals surface area contributed by atoms with Crippen molar-refractivity contribution in [2.24, 2.45) is 0 Å². The lowest BCUT2D eigenvalue weighted by Crippen LogP contribution is -2.51. The van der Waals surface area contributed by atoms with Crippen LogP contribution in [0.25, 0.3) is 0 Å². The summed E-state index contributed by atoms with van der Waals surface area (Å²) in [6.45, 7) is 6.54. The number of piperazine rings is 1. The molecule has 1 aromatic heterocycles. The molecule has 0 N–H and O–H groups in total. The number of amides is 1. The average molecular weight is 335 g/mol. The predicted octanol–water partition coefficient (Wildman–Crippen LogP) is 2.77. The highest BCUT2D eigenvalue weighted by molar-refractivity contribution is 5.91. The lowest BCUT2D eigenvalue weighted by molar-refractivity contribution is -0.135. The van der Waals surface area contributed by atoms with Gasteiger partial charge in [0.05, 0.1) is 5.41 Å². The standard InChI is InChI=1S/C21H25N3O/c1-17-4-2-6-19(14-17)21(7-8-21)20(25)24-12-10-23(11-13-24)16-18-5-3-9-22-15-18/h2-6,9,14-15H,7-8,10-13,16H2,1H3. The third-order valence-electron chi connectivity index (χ3n) is 5.52. The molecule has 0 radical (unpaired) electrons. The predicted molar refractivity (Wildman–Crippen MR) is 98.2 cm³/mol. The topological polar surface area (TPSA) is 36.4 Å². The largest absolute Gasteiger partial charge is 0.339 e. The zero-order valence-electron chi connectivity index (χ0n) is 14.8. The van der Waals surface area contributed by atoms with E-state index in [0.29, 0.717) is 5.91 Å². The van der Waals surface area contributed by atoms with Crippen LogP contribution in [-0.4, -0.2) is 46.9 Å². The van der Waals surface area contributed by atoms with Crippen molar-refractivity contribution in [3.05, 3.63) is 65.5 Å². The Kier molecular flexibility index (Phi) is 4.30. The molecule has 4 heteroatoms. The molecular formula is C21H25N3O. The molecule has 0 atom stereocenters. The molecule has 1 saturated heterocycles. The van der Waals surface area contributed by atoms with E-state index in [9.17, 15) is 4.79 Å². The summed E-state index contributed by atoms with van der Waals surface area (Å²) < 4.78 is 0. The molecule has 1 aromatic carbocycles. The highest BCUT2D eigenvalue weighted by Crippen LogP contribution is 2.49. The molecule has 4 rings (SSSR count). The molecule has 4 nitrogen and oxygen atoms in total. The van der Waals surface area contributed by atoms with Gasteiger partial charge in [-0.3, -0.25) is 14.7 Å². The molecule has 1 aliphatic heterocycles. The van der Waals surface area contributed by atoms with Gasteiger partial charge < -0.3 is 4.90 Å². The number of nitrogens with zero attached hydrogens (tertiary/aromatic N) is 3. The fraction of sp³-hybridized carbons (Fsp3) is 0.429. The maximum atomic E-state index is 13.2. The van der Waals surface area contributed by atoms with Crippen LogP contribution < -0.4 is 0 Å². The van der Waals surface area contributed by atoms with Crippen LogP contribution in [-0.2, 0) is 16.8 Å². The minimum atomic E-state index is -0.239. The Morgan fingerprint density at radius 2 is 1.92 bits per heavy atom. The number of hydrogen-bond acceptors (Lipinski definition) is 3. The van der Waals surface area contributed by atoms with E-state index in [1.165, 1.54) is 16.7 Å². The van der Waals surface area contributed by atoms with Crippen molar-refractivity contribution in [1.29, 1.82) is 0 Å². The zero-order valence-corrected chi connectivity index (χ0v) is 14.8. The first-order valence-corrected chi connectivity index (χ1v) is 9.15. The number of carbonyl (C=O) groups is 1. The molecule has 1 amide bonds. The van der Waals surface area contributed by atoms with Crippen molar-refractivity contribution in [2.45, 2.75) is 31.7 Å². The summed E-state index contributed by atoms with van der Waals surface area (Å²) in [5.41, 5.74) is 3.44. The number of benzene rings is 1. The lowest BCUT2D eigenvalue weighted by atomic mass is 9.92. The highest BCUT2D eigenvalue weighted by atomic mass is 16.2. The van der Waals surface area contributed by atoms with Crippen LogP contribution in [0.3, 0.4) is 0 Å². The van der Waals surface area contributed by atoms with E-state index < -0.39 is 0 Å². The van der Waals surface area contributed by atoms with E-state index in [1.807, 2.05) is 12.3 Å². The first-order chi connectivity index (χ1) is 12.2. The second-order valence-electron chi connectivity index (χ2n) is 7.38. The van der Waals surface area contributed by atoms with E-state index in [1.54, 1.807) is 6.20 Å². The molecule has 0 unspecified atom stereocenters. The number of aromatic nitrogens is 1. The van der Waals surface area contributed by atoms with Crippen LogP contribution in [0.4, 0.5) is 0 Å². The number of aryl methyl sites for hydroxylation is 1. The maximum Gasteiger partial charge on any atom is 0.233 e. The van der Waals surface area contributed by atoms with Crippen molar-refractivity contribution < 1.29 is 4.79 Å². The van der Waals surface area contributed by atoms with Crippen molar-refractivity contribution in [2.75, 3.05) is 26.2 Å². The Bertz CT molecular complexity index is 747. The molecule has 2 aliphatic rings. The first-order valence-electron chi connectivity index (χ1n) is 9.15. The third-order valence-corrected chi connectivity index (χ3v) is 5.52. The van der Waals surface area contributed by atoms with Gasteiger partial charge in [-0.25, -0.2) is 0 Å². The van der Waals surface area contributed by atoms with Crippen molar-refractivity contribution in [3.63, 3.8) is 0 Å². The van der Waals surface area contributed by atoms with Crippen LogP contribution in [0.1, 0.15) is 29.5 Å². The van der Waals surface area contributed by atoms with Crippen LogP contribution in [0.15, 0.2) is 48.8 Å². The summed E-state index contributed by atoms with van der Waals surface area (Å²) in [5, 5.41) is 0. The van der Waals surface area contributed by atoms with E-state index >= 15 is 0 Å². The smallest absolute Gasteiger partial charge is 0.233 e. The Labute approximate surface area is 149 Å². The Morgan fingerprint density at radius 1 is 1.12 bits per heavy atom. The van der Waals surface area contributed by atoms with Crippen LogP contribution in [0, 0.1) is 6.92 Å². The number of rotatable bonds is 4. The Hall–Kier alpha value is -2.20. The quantitative estimate of drug-likeness (QED) is 0.862. The van der Waals surface area contributed by atoms with Gasteiger partial charge in [0.25, 0.3) is 0 Å². The number of carbonyl (C=O) groups excluding carboxylic acids is 1. The van der Waals surface area contributed by atoms with Gasteiger partial charge in [0.15, 0.2) is 0 Å². The fourth-order valence-corrected chi connectivity index (χ4v) is 3.86. The molecule has 1 aliphatic carbocycles. The molecule has 130 valence electrons. The minimum Gasteiger partial charge on any atom is -0.339 e. The third kappa shape index (κ3) is 3.31. The van der Waals surface area contributed by atoms with Gasteiger partial charge in [0.1, 0.15) is 0 Å². The van der Waals surface area contributed by atoms with Gasteiger partial charge in [-0.05, 0) is 37.0 Å². The zero-order chi connectivity index (χ0) is 17.3. The Morgan fingerprint density at radius 3 is 2.56 bits per heavy atom. The summed E-state index contributed by atoms with van der Waals surface area (Å²) in [6, 6.07) is 12.6. The summed E-state index contributed by atoms with van der Waals surface area (Å²) in [5.74, 6) is 0.333. The van der Waals surface area contributed by atoms with Crippen LogP contribution in [0.2, 0.25) is 0 Å². The Balaban J connectivity index is 1.38. The van der Waals surface area contributed by atoms with Gasteiger partial charge in [-0.1, -0.05) is 35.9 Å². The lowest BCUT2D eigenvalue weighted by Gasteiger charge is -2.36. The minimum absolute atomic E-state index is 0.239. The molecular weight excluding hydrogens is 310 g/mol. The van der Waals surface area contributed by atoms with E-state index in [4.69, 9.17) is 0 Å². The van der Waals surface area contributed by atoms with Crippen molar-refractivity contribution in [3.8, 4) is 0 Å². The fourth-order valence-electron chi connectivity index (χ4n) is 3.86. The summed E-state index contributed by atoms with van der Waals surface area (Å²) in [6.07, 6.45) is 5.71. The van der Waals surface area contributed by atoms with Crippen molar-refractivity contribution >= 4 is 5.91 Å². The summed E-state index contributed by atoms with van der Waals surface area (Å²) >= 11 is 0. The van der Waals surface area contributed by atoms with Crippen LogP contribution >= 0.6 is 0 Å². The molecule has 2 fully saturated rings. The van der Waals surface area contributed by atoms with Gasteiger partial charge >= 0.3 is 0 Å². The molecule has 0 spiro atoms. The average Bonchev–Trinajstić information content (AvgIpc) is 3.45. The first kappa shape index (κ1) is 16.3. The monoisotopic (exact) mass is 335 g/mol. The number of pyridine rings is 1.